The molecule has 4 heterocycles. The number of fused-ring (bicyclic) bond motifs is 1. The molecule has 0 N–H and O–H groups in total. The molecule has 0 bridgehead atoms. The lowest BCUT2D eigenvalue weighted by Crippen LogP contribution is -2.38. The van der Waals surface area contributed by atoms with Crippen LogP contribution >= 0.6 is 0 Å². The summed E-state index contributed by atoms with van der Waals surface area (Å²) >= 11 is 0. The molecule has 170 valence electrons. The highest BCUT2D eigenvalue weighted by Gasteiger charge is 2.25. The van der Waals surface area contributed by atoms with Crippen LogP contribution in [0.25, 0.3) is 16.9 Å². The summed E-state index contributed by atoms with van der Waals surface area (Å²) in [6.45, 7) is 4.49. The van der Waals surface area contributed by atoms with Gasteiger partial charge in [0, 0.05) is 41.7 Å². The van der Waals surface area contributed by atoms with E-state index in [1.165, 1.54) is 49.9 Å². The molecule has 0 spiro atoms. The van der Waals surface area contributed by atoms with Crippen molar-refractivity contribution in [1.29, 1.82) is 0 Å². The second-order valence-electron chi connectivity index (χ2n) is 9.48. The summed E-state index contributed by atoms with van der Waals surface area (Å²) < 4.78 is 9.46. The number of methoxy groups -OCH3 is 1. The fourth-order valence-corrected chi connectivity index (χ4v) is 5.24. The molecule has 0 radical (unpaired) electrons. The van der Waals surface area contributed by atoms with E-state index in [4.69, 9.17) is 14.9 Å². The van der Waals surface area contributed by atoms with Crippen molar-refractivity contribution >= 4 is 0 Å². The van der Waals surface area contributed by atoms with Crippen LogP contribution in [0.1, 0.15) is 50.3 Å². The molecule has 1 fully saturated rings. The first-order chi connectivity index (χ1) is 15.6. The van der Waals surface area contributed by atoms with Gasteiger partial charge in [-0.2, -0.15) is 10.2 Å². The van der Waals surface area contributed by atoms with Gasteiger partial charge in [0.25, 0.3) is 0 Å². The summed E-state index contributed by atoms with van der Waals surface area (Å²) in [6, 6.07) is 4.59. The first kappa shape index (κ1) is 21.2. The summed E-state index contributed by atoms with van der Waals surface area (Å²) in [5.41, 5.74) is 5.90. The van der Waals surface area contributed by atoms with Crippen molar-refractivity contribution in [2.24, 2.45) is 5.92 Å². The Hall–Kier alpha value is -2.67. The van der Waals surface area contributed by atoms with E-state index in [0.717, 1.165) is 36.3 Å². The van der Waals surface area contributed by atoms with E-state index in [1.54, 1.807) is 7.11 Å². The third-order valence-corrected chi connectivity index (χ3v) is 7.27. The summed E-state index contributed by atoms with van der Waals surface area (Å²) in [6.07, 6.45) is 14.3. The van der Waals surface area contributed by atoms with Gasteiger partial charge in [0.2, 0.25) is 5.88 Å². The average molecular weight is 435 g/mol. The highest BCUT2D eigenvalue weighted by atomic mass is 16.5. The van der Waals surface area contributed by atoms with Gasteiger partial charge in [-0.15, -0.1) is 0 Å². The Morgan fingerprint density at radius 1 is 1.12 bits per heavy atom. The molecule has 1 aliphatic heterocycles. The zero-order valence-corrected chi connectivity index (χ0v) is 19.5. The van der Waals surface area contributed by atoms with E-state index in [-0.39, 0.29) is 0 Å². The first-order valence-electron chi connectivity index (χ1n) is 12.0. The lowest BCUT2D eigenvalue weighted by atomic mass is 9.92. The van der Waals surface area contributed by atoms with Crippen molar-refractivity contribution in [1.82, 2.24) is 29.4 Å². The molecule has 3 aromatic heterocycles. The lowest BCUT2D eigenvalue weighted by Gasteiger charge is -2.34. The Kier molecular flexibility index (Phi) is 6.00. The van der Waals surface area contributed by atoms with E-state index in [0.29, 0.717) is 17.8 Å². The standard InChI is InChI=1S/C25H34N6O/c1-18-13-19(11-12-29(18)2)16-30-17-20(14-27-30)25-22-7-5-4-6-8-23(22)31(28-25)21-9-10-24(32-3)26-15-21/h9-10,14-15,17-19H,4-8,11-13,16H2,1-3H3. The molecule has 1 aliphatic carbocycles. The van der Waals surface area contributed by atoms with Gasteiger partial charge < -0.3 is 9.64 Å². The van der Waals surface area contributed by atoms with Gasteiger partial charge in [0.1, 0.15) is 0 Å². The lowest BCUT2D eigenvalue weighted by molar-refractivity contribution is 0.142. The van der Waals surface area contributed by atoms with E-state index >= 15 is 0 Å². The highest BCUT2D eigenvalue weighted by molar-refractivity contribution is 5.64. The Balaban J connectivity index is 1.44. The molecule has 2 aliphatic rings. The topological polar surface area (TPSA) is 61.0 Å². The molecule has 0 saturated carbocycles. The predicted molar refractivity (Wildman–Crippen MR) is 125 cm³/mol. The number of hydrogen-bond donors (Lipinski definition) is 0. The second-order valence-corrected chi connectivity index (χ2v) is 9.48. The smallest absolute Gasteiger partial charge is 0.213 e. The number of aromatic nitrogens is 5. The molecule has 5 rings (SSSR count). The van der Waals surface area contributed by atoms with Crippen LogP contribution in [0.3, 0.4) is 0 Å². The molecule has 2 atom stereocenters. The van der Waals surface area contributed by atoms with Gasteiger partial charge in [0.15, 0.2) is 0 Å². The number of pyridine rings is 1. The van der Waals surface area contributed by atoms with Crippen LogP contribution in [0.15, 0.2) is 30.7 Å². The number of piperidine rings is 1. The first-order valence-corrected chi connectivity index (χ1v) is 12.0. The second kappa shape index (κ2) is 9.06. The van der Waals surface area contributed by atoms with Gasteiger partial charge in [-0.1, -0.05) is 6.42 Å². The number of ether oxygens (including phenoxy) is 1. The van der Waals surface area contributed by atoms with Crippen LogP contribution in [-0.4, -0.2) is 56.2 Å². The minimum atomic E-state index is 0.622. The average Bonchev–Trinajstić information content (AvgIpc) is 3.33. The fraction of sp³-hybridized carbons (Fsp3) is 0.560. The molecule has 7 heteroatoms. The van der Waals surface area contributed by atoms with E-state index in [1.807, 2.05) is 24.5 Å². The largest absolute Gasteiger partial charge is 0.481 e. The van der Waals surface area contributed by atoms with Crippen LogP contribution in [0.5, 0.6) is 5.88 Å². The summed E-state index contributed by atoms with van der Waals surface area (Å²) in [7, 11) is 3.87. The number of rotatable bonds is 5. The Bertz CT molecular complexity index is 1050. The third kappa shape index (κ3) is 4.18. The van der Waals surface area contributed by atoms with Gasteiger partial charge >= 0.3 is 0 Å². The maximum Gasteiger partial charge on any atom is 0.213 e. The fourth-order valence-electron chi connectivity index (χ4n) is 5.24. The maximum atomic E-state index is 5.24. The van der Waals surface area contributed by atoms with Crippen LogP contribution in [0.2, 0.25) is 0 Å². The van der Waals surface area contributed by atoms with Crippen molar-refractivity contribution in [3.05, 3.63) is 42.0 Å². The maximum absolute atomic E-state index is 5.24. The molecular weight excluding hydrogens is 400 g/mol. The zero-order valence-electron chi connectivity index (χ0n) is 19.5. The quantitative estimate of drug-likeness (QED) is 0.565. The van der Waals surface area contributed by atoms with Crippen LogP contribution < -0.4 is 4.74 Å². The molecule has 2 unspecified atom stereocenters. The number of likely N-dealkylation sites (tertiary alicyclic amines) is 1. The Labute approximate surface area is 190 Å². The predicted octanol–water partition coefficient (Wildman–Crippen LogP) is 4.14. The molecule has 0 amide bonds. The van der Waals surface area contributed by atoms with Crippen molar-refractivity contribution in [2.75, 3.05) is 20.7 Å². The molecular formula is C25H34N6O. The summed E-state index contributed by atoms with van der Waals surface area (Å²) in [5.74, 6) is 1.31. The Morgan fingerprint density at radius 3 is 2.78 bits per heavy atom. The monoisotopic (exact) mass is 434 g/mol. The minimum Gasteiger partial charge on any atom is -0.481 e. The molecule has 0 aromatic carbocycles. The highest BCUT2D eigenvalue weighted by Crippen LogP contribution is 2.32. The molecule has 7 nitrogen and oxygen atoms in total. The number of hydrogen-bond acceptors (Lipinski definition) is 5. The summed E-state index contributed by atoms with van der Waals surface area (Å²) in [5, 5.41) is 9.82. The summed E-state index contributed by atoms with van der Waals surface area (Å²) in [4.78, 5) is 6.86. The Morgan fingerprint density at radius 2 is 2.00 bits per heavy atom. The number of nitrogens with zero attached hydrogens (tertiary/aromatic N) is 6. The third-order valence-electron chi connectivity index (χ3n) is 7.27. The molecule has 1 saturated heterocycles. The van der Waals surface area contributed by atoms with E-state index in [9.17, 15) is 0 Å². The van der Waals surface area contributed by atoms with Crippen molar-refractivity contribution in [3.63, 3.8) is 0 Å². The van der Waals surface area contributed by atoms with Crippen molar-refractivity contribution in [3.8, 4) is 22.8 Å². The SMILES string of the molecule is COc1ccc(-n2nc(-c3cnn(CC4CCN(C)C(C)C4)c3)c3c2CCCCC3)cn1. The van der Waals surface area contributed by atoms with E-state index in [2.05, 4.69) is 39.4 Å². The minimum absolute atomic E-state index is 0.622. The van der Waals surface area contributed by atoms with Crippen LogP contribution in [0.4, 0.5) is 0 Å². The van der Waals surface area contributed by atoms with Crippen molar-refractivity contribution < 1.29 is 4.74 Å². The van der Waals surface area contributed by atoms with Gasteiger partial charge in [-0.3, -0.25) is 4.68 Å². The van der Waals surface area contributed by atoms with Gasteiger partial charge in [-0.05, 0) is 71.0 Å². The van der Waals surface area contributed by atoms with Crippen molar-refractivity contribution in [2.45, 2.75) is 64.5 Å². The van der Waals surface area contributed by atoms with E-state index < -0.39 is 0 Å². The molecule has 3 aromatic rings. The molecule has 32 heavy (non-hydrogen) atoms. The van der Waals surface area contributed by atoms with Crippen LogP contribution in [0, 0.1) is 5.92 Å². The van der Waals surface area contributed by atoms with Crippen LogP contribution in [-0.2, 0) is 19.4 Å². The van der Waals surface area contributed by atoms with Gasteiger partial charge in [0.05, 0.1) is 30.9 Å². The normalized spacial score (nSPS) is 21.8. The van der Waals surface area contributed by atoms with Gasteiger partial charge in [-0.25, -0.2) is 9.67 Å². The zero-order chi connectivity index (χ0) is 22.1.